The van der Waals surface area contributed by atoms with E-state index in [9.17, 15) is 13.6 Å². The highest BCUT2D eigenvalue weighted by molar-refractivity contribution is 5.85. The quantitative estimate of drug-likeness (QED) is 0.783. The minimum atomic E-state index is -1.18. The fourth-order valence-electron chi connectivity index (χ4n) is 1.01. The van der Waals surface area contributed by atoms with Gasteiger partial charge in [-0.05, 0) is 12.1 Å². The summed E-state index contributed by atoms with van der Waals surface area (Å²) in [5.41, 5.74) is 0.166. The fraction of sp³-hybridized carbons (Fsp3) is 0.100. The van der Waals surface area contributed by atoms with Gasteiger partial charge in [-0.25, -0.2) is 13.6 Å². The molecule has 3 nitrogen and oxygen atoms in total. The Kier molecular flexibility index (Phi) is 3.38. The molecule has 0 unspecified atom stereocenters. The van der Waals surface area contributed by atoms with E-state index in [4.69, 9.17) is 9.84 Å². The molecule has 15 heavy (non-hydrogen) atoms. The Morgan fingerprint density at radius 1 is 1.40 bits per heavy atom. The normalized spacial score (nSPS) is 10.6. The Bertz CT molecular complexity index is 413. The van der Waals surface area contributed by atoms with Gasteiger partial charge >= 0.3 is 5.97 Å². The van der Waals surface area contributed by atoms with Gasteiger partial charge in [0, 0.05) is 17.7 Å². The van der Waals surface area contributed by atoms with E-state index >= 15 is 0 Å². The van der Waals surface area contributed by atoms with Crippen LogP contribution in [0.4, 0.5) is 8.78 Å². The van der Waals surface area contributed by atoms with E-state index in [1.54, 1.807) is 0 Å². The second-order valence-corrected chi connectivity index (χ2v) is 2.68. The predicted molar refractivity (Wildman–Crippen MR) is 49.6 cm³/mol. The van der Waals surface area contributed by atoms with Crippen LogP contribution in [0.1, 0.15) is 5.56 Å². The average molecular weight is 214 g/mol. The summed E-state index contributed by atoms with van der Waals surface area (Å²) in [5.74, 6) is -3.20. The van der Waals surface area contributed by atoms with Crippen molar-refractivity contribution >= 4 is 12.0 Å². The first-order chi connectivity index (χ1) is 7.04. The summed E-state index contributed by atoms with van der Waals surface area (Å²) in [7, 11) is 1.28. The van der Waals surface area contributed by atoms with Gasteiger partial charge in [-0.1, -0.05) is 0 Å². The maximum Gasteiger partial charge on any atom is 0.328 e. The first-order valence-electron chi connectivity index (χ1n) is 3.98. The molecule has 0 aliphatic heterocycles. The summed E-state index contributed by atoms with van der Waals surface area (Å²) in [4.78, 5) is 10.2. The van der Waals surface area contributed by atoms with Gasteiger partial charge in [0.05, 0.1) is 7.11 Å². The molecule has 1 N–H and O–H groups in total. The molecule has 0 aliphatic rings. The van der Waals surface area contributed by atoms with E-state index in [2.05, 4.69) is 0 Å². The standard InChI is InChI=1S/C10H8F2O3/c1-15-9-5-8(12)7(11)4-6(9)2-3-10(13)14/h2-5H,1H3,(H,13,14). The van der Waals surface area contributed by atoms with Gasteiger partial charge in [-0.15, -0.1) is 0 Å². The topological polar surface area (TPSA) is 46.5 Å². The summed E-state index contributed by atoms with van der Waals surface area (Å²) in [6.07, 6.45) is 1.94. The molecule has 0 amide bonds. The maximum absolute atomic E-state index is 12.8. The highest BCUT2D eigenvalue weighted by Gasteiger charge is 2.08. The molecule has 0 spiro atoms. The number of benzene rings is 1. The number of carbonyl (C=O) groups is 1. The van der Waals surface area contributed by atoms with Crippen molar-refractivity contribution in [3.05, 3.63) is 35.4 Å². The second kappa shape index (κ2) is 4.54. The molecule has 1 rings (SSSR count). The van der Waals surface area contributed by atoms with Crippen molar-refractivity contribution in [1.29, 1.82) is 0 Å². The molecule has 80 valence electrons. The van der Waals surface area contributed by atoms with Crippen molar-refractivity contribution < 1.29 is 23.4 Å². The van der Waals surface area contributed by atoms with E-state index < -0.39 is 17.6 Å². The Balaban J connectivity index is 3.16. The molecular weight excluding hydrogens is 206 g/mol. The van der Waals surface area contributed by atoms with Crippen molar-refractivity contribution in [1.82, 2.24) is 0 Å². The Morgan fingerprint density at radius 2 is 2.00 bits per heavy atom. The molecule has 5 heteroatoms. The van der Waals surface area contributed by atoms with Gasteiger partial charge in [0.25, 0.3) is 0 Å². The van der Waals surface area contributed by atoms with Crippen LogP contribution < -0.4 is 4.74 Å². The molecule has 0 heterocycles. The number of rotatable bonds is 3. The lowest BCUT2D eigenvalue weighted by Gasteiger charge is -2.04. The lowest BCUT2D eigenvalue weighted by molar-refractivity contribution is -0.131. The van der Waals surface area contributed by atoms with Crippen molar-refractivity contribution in [3.8, 4) is 5.75 Å². The van der Waals surface area contributed by atoms with E-state index in [1.807, 2.05) is 0 Å². The van der Waals surface area contributed by atoms with E-state index in [-0.39, 0.29) is 11.3 Å². The monoisotopic (exact) mass is 214 g/mol. The smallest absolute Gasteiger partial charge is 0.328 e. The number of carboxylic acid groups (broad SMARTS) is 1. The van der Waals surface area contributed by atoms with Crippen LogP contribution in [0.15, 0.2) is 18.2 Å². The van der Waals surface area contributed by atoms with Crippen LogP contribution in [0.3, 0.4) is 0 Å². The Morgan fingerprint density at radius 3 is 2.53 bits per heavy atom. The zero-order valence-corrected chi connectivity index (χ0v) is 7.83. The molecule has 0 atom stereocenters. The van der Waals surface area contributed by atoms with E-state index in [0.29, 0.717) is 0 Å². The zero-order chi connectivity index (χ0) is 11.4. The Hall–Kier alpha value is -1.91. The number of carboxylic acids is 1. The van der Waals surface area contributed by atoms with Gasteiger partial charge in [0.15, 0.2) is 11.6 Å². The molecule has 1 aromatic rings. The summed E-state index contributed by atoms with van der Waals surface area (Å²) < 4.78 is 30.3. The Labute approximate surface area is 84.6 Å². The largest absolute Gasteiger partial charge is 0.496 e. The van der Waals surface area contributed by atoms with Crippen LogP contribution in [0.25, 0.3) is 6.08 Å². The van der Waals surface area contributed by atoms with Crippen molar-refractivity contribution in [2.24, 2.45) is 0 Å². The van der Waals surface area contributed by atoms with E-state index in [1.165, 1.54) is 7.11 Å². The third-order valence-corrected chi connectivity index (χ3v) is 1.68. The lowest BCUT2D eigenvalue weighted by Crippen LogP contribution is -1.93. The van der Waals surface area contributed by atoms with Gasteiger partial charge in [0.2, 0.25) is 0 Å². The molecule has 0 saturated heterocycles. The van der Waals surface area contributed by atoms with Gasteiger partial charge < -0.3 is 9.84 Å². The van der Waals surface area contributed by atoms with Crippen LogP contribution in [-0.4, -0.2) is 18.2 Å². The minimum Gasteiger partial charge on any atom is -0.496 e. The van der Waals surface area contributed by atoms with Crippen molar-refractivity contribution in [3.63, 3.8) is 0 Å². The highest BCUT2D eigenvalue weighted by Crippen LogP contribution is 2.23. The van der Waals surface area contributed by atoms with Crippen LogP contribution in [-0.2, 0) is 4.79 Å². The van der Waals surface area contributed by atoms with Crippen LogP contribution in [0.2, 0.25) is 0 Å². The van der Waals surface area contributed by atoms with E-state index in [0.717, 1.165) is 24.3 Å². The number of methoxy groups -OCH3 is 1. The number of halogens is 2. The summed E-state index contributed by atoms with van der Waals surface area (Å²) in [5, 5.41) is 8.37. The second-order valence-electron chi connectivity index (χ2n) is 2.68. The molecule has 0 saturated carbocycles. The molecule has 1 aromatic carbocycles. The summed E-state index contributed by atoms with van der Waals surface area (Å²) in [6.45, 7) is 0. The average Bonchev–Trinajstić information content (AvgIpc) is 2.19. The zero-order valence-electron chi connectivity index (χ0n) is 7.83. The lowest BCUT2D eigenvalue weighted by atomic mass is 10.1. The van der Waals surface area contributed by atoms with Crippen LogP contribution >= 0.6 is 0 Å². The molecule has 0 fully saturated rings. The third-order valence-electron chi connectivity index (χ3n) is 1.68. The van der Waals surface area contributed by atoms with Crippen molar-refractivity contribution in [2.45, 2.75) is 0 Å². The first-order valence-corrected chi connectivity index (χ1v) is 3.98. The fourth-order valence-corrected chi connectivity index (χ4v) is 1.01. The molecular formula is C10H8F2O3. The first kappa shape index (κ1) is 11.2. The summed E-state index contributed by atoms with van der Waals surface area (Å²) >= 11 is 0. The molecule has 0 bridgehead atoms. The number of hydrogen-bond acceptors (Lipinski definition) is 2. The van der Waals surface area contributed by atoms with Crippen molar-refractivity contribution in [2.75, 3.05) is 7.11 Å². The van der Waals surface area contributed by atoms with Gasteiger partial charge in [-0.3, -0.25) is 0 Å². The molecule has 0 aromatic heterocycles. The summed E-state index contributed by atoms with van der Waals surface area (Å²) in [6, 6.07) is 1.73. The minimum absolute atomic E-state index is 0.0754. The molecule has 0 radical (unpaired) electrons. The highest BCUT2D eigenvalue weighted by atomic mass is 19.2. The molecule has 0 aliphatic carbocycles. The SMILES string of the molecule is COc1cc(F)c(F)cc1C=CC(=O)O. The van der Waals surface area contributed by atoms with Crippen LogP contribution in [0, 0.1) is 11.6 Å². The van der Waals surface area contributed by atoms with Gasteiger partial charge in [-0.2, -0.15) is 0 Å². The number of hydrogen-bond donors (Lipinski definition) is 1. The van der Waals surface area contributed by atoms with Crippen LogP contribution in [0.5, 0.6) is 5.75 Å². The maximum atomic E-state index is 12.8. The van der Waals surface area contributed by atoms with Gasteiger partial charge in [0.1, 0.15) is 5.75 Å². The third kappa shape index (κ3) is 2.77. The predicted octanol–water partition coefficient (Wildman–Crippen LogP) is 2.07. The number of aliphatic carboxylic acids is 1. The number of ether oxygens (including phenoxy) is 1.